The van der Waals surface area contributed by atoms with Crippen LogP contribution in [0.25, 0.3) is 11.6 Å². The number of allylic oxidation sites excluding steroid dienone is 1. The monoisotopic (exact) mass is 362 g/mol. The van der Waals surface area contributed by atoms with Crippen LogP contribution in [-0.2, 0) is 12.6 Å². The molecule has 3 rings (SSSR count). The van der Waals surface area contributed by atoms with Crippen LogP contribution >= 0.6 is 26.7 Å². The third kappa shape index (κ3) is 3.77. The van der Waals surface area contributed by atoms with Crippen molar-refractivity contribution < 1.29 is 9.26 Å². The van der Waals surface area contributed by atoms with E-state index in [1.54, 1.807) is 7.11 Å². The molecule has 120 valence electrons. The van der Waals surface area contributed by atoms with Crippen molar-refractivity contribution in [2.24, 2.45) is 0 Å². The first kappa shape index (κ1) is 16.9. The molecule has 0 N–H and O–H groups in total. The van der Waals surface area contributed by atoms with Crippen molar-refractivity contribution in [1.82, 2.24) is 0 Å². The van der Waals surface area contributed by atoms with E-state index in [0.29, 0.717) is 0 Å². The SMILES string of the molecule is COc1ccc(C2=Cc3ccc(OP)cc3CC2)c(CPP)c1. The van der Waals surface area contributed by atoms with Crippen molar-refractivity contribution in [2.45, 2.75) is 19.0 Å². The number of benzene rings is 2. The standard InChI is InChI=1S/C18H21O2P3/c1-19-16-6-7-18(15(10-16)11-23-22)14-3-2-13-9-17(20-21)5-4-12(13)8-14/h4-10,23H,2-3,11,21-22H2,1H3. The predicted octanol–water partition coefficient (Wildman–Crippen LogP) is 5.32. The van der Waals surface area contributed by atoms with Crippen LogP contribution < -0.4 is 9.26 Å². The molecule has 1 aliphatic carbocycles. The van der Waals surface area contributed by atoms with Gasteiger partial charge in [0.05, 0.1) is 16.6 Å². The second-order valence-electron chi connectivity index (χ2n) is 5.55. The van der Waals surface area contributed by atoms with Crippen LogP contribution in [0.5, 0.6) is 11.5 Å². The number of rotatable bonds is 5. The first-order chi connectivity index (χ1) is 11.2. The molecule has 2 nitrogen and oxygen atoms in total. The van der Waals surface area contributed by atoms with Gasteiger partial charge >= 0.3 is 0 Å². The lowest BCUT2D eigenvalue weighted by molar-refractivity contribution is 0.414. The fraction of sp³-hybridized carbons (Fsp3) is 0.222. The van der Waals surface area contributed by atoms with E-state index < -0.39 is 0 Å². The smallest absolute Gasteiger partial charge is 0.122 e. The normalized spacial score (nSPS) is 13.8. The Morgan fingerprint density at radius 1 is 1.09 bits per heavy atom. The molecule has 23 heavy (non-hydrogen) atoms. The molecule has 0 bridgehead atoms. The summed E-state index contributed by atoms with van der Waals surface area (Å²) < 4.78 is 10.6. The number of hydrogen-bond donors (Lipinski definition) is 0. The van der Waals surface area contributed by atoms with Gasteiger partial charge in [-0.3, -0.25) is 0 Å². The Hall–Kier alpha value is -0.930. The molecule has 3 unspecified atom stereocenters. The van der Waals surface area contributed by atoms with Crippen LogP contribution in [0.3, 0.4) is 0 Å². The lowest BCUT2D eigenvalue weighted by Gasteiger charge is -2.20. The van der Waals surface area contributed by atoms with E-state index in [0.717, 1.165) is 38.8 Å². The molecular formula is C18H21O2P3. The van der Waals surface area contributed by atoms with Gasteiger partial charge in [0.15, 0.2) is 0 Å². The molecular weight excluding hydrogens is 341 g/mol. The van der Waals surface area contributed by atoms with Crippen LogP contribution in [0.1, 0.15) is 28.7 Å². The second-order valence-corrected chi connectivity index (χ2v) is 7.77. The van der Waals surface area contributed by atoms with E-state index in [1.165, 1.54) is 27.8 Å². The highest BCUT2D eigenvalue weighted by atomic mass is 32.0. The van der Waals surface area contributed by atoms with Crippen LogP contribution in [0.2, 0.25) is 0 Å². The Labute approximate surface area is 144 Å². The molecule has 0 radical (unpaired) electrons. The van der Waals surface area contributed by atoms with Crippen molar-refractivity contribution in [2.75, 3.05) is 7.11 Å². The summed E-state index contributed by atoms with van der Waals surface area (Å²) in [5.41, 5.74) is 6.80. The van der Waals surface area contributed by atoms with Gasteiger partial charge < -0.3 is 9.26 Å². The largest absolute Gasteiger partial charge is 0.497 e. The van der Waals surface area contributed by atoms with Crippen LogP contribution in [0.15, 0.2) is 36.4 Å². The fourth-order valence-corrected chi connectivity index (χ4v) is 4.34. The minimum Gasteiger partial charge on any atom is -0.497 e. The number of fused-ring (bicyclic) bond motifs is 1. The van der Waals surface area contributed by atoms with Gasteiger partial charge in [0.25, 0.3) is 0 Å². The minimum atomic E-state index is 0.820. The molecule has 1 aliphatic rings. The fourth-order valence-electron chi connectivity index (χ4n) is 3.02. The number of ether oxygens (including phenoxy) is 1. The summed E-state index contributed by atoms with van der Waals surface area (Å²) in [6, 6.07) is 12.7. The maximum atomic E-state index is 5.39. The Kier molecular flexibility index (Phi) is 5.71. The van der Waals surface area contributed by atoms with Gasteiger partial charge in [0.1, 0.15) is 11.5 Å². The molecule has 2 aromatic rings. The average molecular weight is 362 g/mol. The lowest BCUT2D eigenvalue weighted by atomic mass is 9.87. The van der Waals surface area contributed by atoms with E-state index in [-0.39, 0.29) is 0 Å². The summed E-state index contributed by atoms with van der Waals surface area (Å²) in [6.45, 7) is 0. The summed E-state index contributed by atoms with van der Waals surface area (Å²) in [5, 5.41) is 0. The van der Waals surface area contributed by atoms with Gasteiger partial charge in [-0.05, 0) is 71.1 Å². The van der Waals surface area contributed by atoms with Crippen molar-refractivity contribution in [3.8, 4) is 11.5 Å². The van der Waals surface area contributed by atoms with Gasteiger partial charge in [-0.15, -0.1) is 8.93 Å². The molecule has 0 aromatic heterocycles. The molecule has 0 amide bonds. The Morgan fingerprint density at radius 3 is 2.65 bits per heavy atom. The third-order valence-electron chi connectivity index (χ3n) is 4.19. The van der Waals surface area contributed by atoms with E-state index in [4.69, 9.17) is 9.26 Å². The Balaban J connectivity index is 2.00. The van der Waals surface area contributed by atoms with Crippen LogP contribution in [0.4, 0.5) is 0 Å². The summed E-state index contributed by atoms with van der Waals surface area (Å²) >= 11 is 0. The van der Waals surface area contributed by atoms with Crippen molar-refractivity contribution in [3.63, 3.8) is 0 Å². The van der Waals surface area contributed by atoms with Gasteiger partial charge in [-0.1, -0.05) is 26.5 Å². The molecule has 0 saturated heterocycles. The molecule has 0 fully saturated rings. The van der Waals surface area contributed by atoms with E-state index in [9.17, 15) is 0 Å². The molecule has 0 spiro atoms. The maximum absolute atomic E-state index is 5.39. The molecule has 5 heteroatoms. The number of aryl methyl sites for hydroxylation is 1. The van der Waals surface area contributed by atoms with Crippen molar-refractivity contribution in [1.29, 1.82) is 0 Å². The molecule has 0 saturated carbocycles. The van der Waals surface area contributed by atoms with Gasteiger partial charge in [-0.25, -0.2) is 0 Å². The van der Waals surface area contributed by atoms with Crippen molar-refractivity contribution >= 4 is 38.3 Å². The topological polar surface area (TPSA) is 18.5 Å². The number of methoxy groups -OCH3 is 1. The maximum Gasteiger partial charge on any atom is 0.122 e. The molecule has 3 atom stereocenters. The van der Waals surface area contributed by atoms with E-state index in [2.05, 4.69) is 54.8 Å². The third-order valence-corrected chi connectivity index (χ3v) is 5.66. The molecule has 0 aliphatic heterocycles. The summed E-state index contributed by atoms with van der Waals surface area (Å²) in [4.78, 5) is 0. The summed E-state index contributed by atoms with van der Waals surface area (Å²) in [7, 11) is 7.70. The summed E-state index contributed by atoms with van der Waals surface area (Å²) in [6.07, 6.45) is 5.51. The highest BCUT2D eigenvalue weighted by molar-refractivity contribution is 8.02. The van der Waals surface area contributed by atoms with Gasteiger partial charge in [0, 0.05) is 0 Å². The number of hydrogen-bond acceptors (Lipinski definition) is 2. The van der Waals surface area contributed by atoms with E-state index in [1.807, 2.05) is 6.07 Å². The Bertz CT molecular complexity index is 741. The zero-order valence-corrected chi connectivity index (χ0v) is 16.4. The van der Waals surface area contributed by atoms with Crippen LogP contribution in [-0.4, -0.2) is 7.11 Å². The average Bonchev–Trinajstić information content (AvgIpc) is 2.61. The molecule has 0 heterocycles. The van der Waals surface area contributed by atoms with Gasteiger partial charge in [-0.2, -0.15) is 0 Å². The second kappa shape index (κ2) is 7.76. The minimum absolute atomic E-state index is 0.820. The quantitative estimate of drug-likeness (QED) is 0.671. The zero-order valence-electron chi connectivity index (χ0n) is 13.1. The van der Waals surface area contributed by atoms with Crippen molar-refractivity contribution in [3.05, 3.63) is 58.7 Å². The first-order valence-corrected chi connectivity index (χ1v) is 11.0. The Morgan fingerprint density at radius 2 is 1.91 bits per heavy atom. The summed E-state index contributed by atoms with van der Waals surface area (Å²) in [5.74, 6) is 1.84. The van der Waals surface area contributed by atoms with Crippen LogP contribution in [0, 0.1) is 0 Å². The lowest BCUT2D eigenvalue weighted by Crippen LogP contribution is -2.01. The highest BCUT2D eigenvalue weighted by Crippen LogP contribution is 2.37. The van der Waals surface area contributed by atoms with Gasteiger partial charge in [0.2, 0.25) is 0 Å². The first-order valence-electron chi connectivity index (χ1n) is 7.56. The zero-order chi connectivity index (χ0) is 16.2. The van der Waals surface area contributed by atoms with E-state index >= 15 is 0 Å². The highest BCUT2D eigenvalue weighted by Gasteiger charge is 2.15. The molecule has 2 aromatic carbocycles. The predicted molar refractivity (Wildman–Crippen MR) is 108 cm³/mol.